The van der Waals surface area contributed by atoms with Gasteiger partial charge in [-0.3, -0.25) is 0 Å². The van der Waals surface area contributed by atoms with E-state index in [1.165, 1.54) is 25.1 Å². The fourth-order valence-electron chi connectivity index (χ4n) is 1.27. The molecule has 1 rings (SSSR count). The summed E-state index contributed by atoms with van der Waals surface area (Å²) in [5.74, 6) is -0.303. The van der Waals surface area contributed by atoms with Gasteiger partial charge in [0, 0.05) is 15.6 Å². The van der Waals surface area contributed by atoms with E-state index in [2.05, 4.69) is 0 Å². The molecule has 8 heteroatoms. The zero-order valence-electron chi connectivity index (χ0n) is 9.20. The van der Waals surface area contributed by atoms with E-state index < -0.39 is 19.6 Å². The van der Waals surface area contributed by atoms with Crippen LogP contribution in [0.1, 0.15) is 18.6 Å². The Morgan fingerprint density at radius 1 is 1.33 bits per heavy atom. The molecule has 1 N–H and O–H groups in total. The van der Waals surface area contributed by atoms with Crippen LogP contribution in [-0.4, -0.2) is 22.9 Å². The largest absolute Gasteiger partial charge is 0.384 e. The highest BCUT2D eigenvalue weighted by atomic mass is 35.5. The van der Waals surface area contributed by atoms with E-state index in [0.29, 0.717) is 5.02 Å². The molecule has 0 bridgehead atoms. The average molecular weight is 352 g/mol. The number of hydrogen-bond acceptors (Lipinski definition) is 3. The molecular weight excluding hydrogens is 342 g/mol. The molecule has 3 nitrogen and oxygen atoms in total. The molecule has 0 aliphatic carbocycles. The summed E-state index contributed by atoms with van der Waals surface area (Å²) in [5, 5.41) is 10.5. The zero-order valence-corrected chi connectivity index (χ0v) is 13.0. The molecule has 1 aromatic rings. The van der Waals surface area contributed by atoms with Crippen LogP contribution >= 0.6 is 46.4 Å². The number of hydrogen-bond donors (Lipinski definition) is 1. The highest BCUT2D eigenvalue weighted by Crippen LogP contribution is 2.43. The van der Waals surface area contributed by atoms with Crippen molar-refractivity contribution >= 4 is 56.2 Å². The molecule has 0 radical (unpaired) electrons. The molecule has 0 fully saturated rings. The maximum atomic E-state index is 11.7. The fraction of sp³-hybridized carbons (Fsp3) is 0.400. The standard InChI is InChI=1S/C10H10Cl4O3S/c1-2-18(16,17)10(13,14)9(15)7-4-3-6(11)5-8(7)12/h3-5,9,15H,2H2,1H3. The lowest BCUT2D eigenvalue weighted by Crippen LogP contribution is -2.35. The van der Waals surface area contributed by atoms with E-state index >= 15 is 0 Å². The van der Waals surface area contributed by atoms with Crippen molar-refractivity contribution in [1.82, 2.24) is 0 Å². The van der Waals surface area contributed by atoms with Gasteiger partial charge >= 0.3 is 0 Å². The van der Waals surface area contributed by atoms with E-state index in [1.54, 1.807) is 0 Å². The second kappa shape index (κ2) is 5.73. The minimum atomic E-state index is -3.88. The van der Waals surface area contributed by atoms with Gasteiger partial charge in [0.2, 0.25) is 3.67 Å². The molecule has 1 aromatic carbocycles. The van der Waals surface area contributed by atoms with Crippen LogP contribution < -0.4 is 0 Å². The zero-order chi connectivity index (χ0) is 14.1. The van der Waals surface area contributed by atoms with Crippen LogP contribution in [0.3, 0.4) is 0 Å². The number of aliphatic hydroxyl groups excluding tert-OH is 1. The van der Waals surface area contributed by atoms with E-state index in [9.17, 15) is 13.5 Å². The van der Waals surface area contributed by atoms with Gasteiger partial charge in [-0.15, -0.1) is 0 Å². The SMILES string of the molecule is CCS(=O)(=O)C(Cl)(Cl)C(O)c1ccc(Cl)cc1Cl. The van der Waals surface area contributed by atoms with Crippen molar-refractivity contribution in [3.63, 3.8) is 0 Å². The van der Waals surface area contributed by atoms with Crippen LogP contribution in [0.5, 0.6) is 0 Å². The van der Waals surface area contributed by atoms with Crippen molar-refractivity contribution in [2.75, 3.05) is 5.75 Å². The third kappa shape index (κ3) is 3.06. The Labute approximate surface area is 126 Å². The Hall–Kier alpha value is 0.290. The lowest BCUT2D eigenvalue weighted by atomic mass is 10.1. The number of sulfone groups is 1. The first-order valence-corrected chi connectivity index (χ1v) is 8.03. The number of halogens is 4. The molecule has 0 saturated carbocycles. The minimum absolute atomic E-state index is 0.0898. The third-order valence-electron chi connectivity index (χ3n) is 2.37. The Morgan fingerprint density at radius 2 is 1.89 bits per heavy atom. The van der Waals surface area contributed by atoms with Gasteiger partial charge in [0.15, 0.2) is 9.84 Å². The van der Waals surface area contributed by atoms with Crippen molar-refractivity contribution in [2.24, 2.45) is 0 Å². The normalized spacial score (nSPS) is 14.6. The summed E-state index contributed by atoms with van der Waals surface area (Å²) in [4.78, 5) is 0. The van der Waals surface area contributed by atoms with Crippen molar-refractivity contribution < 1.29 is 13.5 Å². The van der Waals surface area contributed by atoms with Gasteiger partial charge in [-0.1, -0.05) is 59.4 Å². The summed E-state index contributed by atoms with van der Waals surface area (Å²) >= 11 is 23.1. The Kier molecular flexibility index (Phi) is 5.21. The molecule has 0 aliphatic heterocycles. The van der Waals surface area contributed by atoms with Crippen LogP contribution in [0, 0.1) is 0 Å². The van der Waals surface area contributed by atoms with E-state index in [4.69, 9.17) is 46.4 Å². The van der Waals surface area contributed by atoms with Gasteiger partial charge in [0.1, 0.15) is 6.10 Å². The molecule has 102 valence electrons. The van der Waals surface area contributed by atoms with Gasteiger partial charge in [-0.25, -0.2) is 8.42 Å². The van der Waals surface area contributed by atoms with Gasteiger partial charge in [0.05, 0.1) is 5.75 Å². The maximum absolute atomic E-state index is 11.7. The third-order valence-corrected chi connectivity index (χ3v) is 6.57. The van der Waals surface area contributed by atoms with Crippen LogP contribution in [0.25, 0.3) is 0 Å². The number of aliphatic hydroxyl groups is 1. The summed E-state index contributed by atoms with van der Waals surface area (Å²) in [6.45, 7) is 1.38. The van der Waals surface area contributed by atoms with Crippen molar-refractivity contribution in [3.05, 3.63) is 33.8 Å². The van der Waals surface area contributed by atoms with Gasteiger partial charge in [0.25, 0.3) is 0 Å². The smallest absolute Gasteiger partial charge is 0.247 e. The van der Waals surface area contributed by atoms with Crippen LogP contribution in [0.4, 0.5) is 0 Å². The highest BCUT2D eigenvalue weighted by Gasteiger charge is 2.47. The average Bonchev–Trinajstić information content (AvgIpc) is 2.28. The van der Waals surface area contributed by atoms with E-state index in [-0.39, 0.29) is 16.3 Å². The molecule has 0 saturated heterocycles. The molecular formula is C10H10Cl4O3S. The first-order valence-electron chi connectivity index (χ1n) is 4.86. The minimum Gasteiger partial charge on any atom is -0.384 e. The highest BCUT2D eigenvalue weighted by molar-refractivity contribution is 7.95. The number of benzene rings is 1. The summed E-state index contributed by atoms with van der Waals surface area (Å²) in [7, 11) is -3.88. The Morgan fingerprint density at radius 3 is 2.33 bits per heavy atom. The Balaban J connectivity index is 3.26. The van der Waals surface area contributed by atoms with Gasteiger partial charge in [-0.05, 0) is 12.1 Å². The summed E-state index contributed by atoms with van der Waals surface area (Å²) < 4.78 is 21.1. The lowest BCUT2D eigenvalue weighted by molar-refractivity contribution is 0.181. The summed E-state index contributed by atoms with van der Waals surface area (Å²) in [5.41, 5.74) is 0.100. The van der Waals surface area contributed by atoms with Crippen LogP contribution in [0.2, 0.25) is 10.0 Å². The Bertz CT molecular complexity index is 542. The first kappa shape index (κ1) is 16.3. The quantitative estimate of drug-likeness (QED) is 0.843. The topological polar surface area (TPSA) is 54.4 Å². The second-order valence-corrected chi connectivity index (χ2v) is 8.66. The molecule has 0 aromatic heterocycles. The van der Waals surface area contributed by atoms with Gasteiger partial charge < -0.3 is 5.11 Å². The van der Waals surface area contributed by atoms with Crippen molar-refractivity contribution in [1.29, 1.82) is 0 Å². The molecule has 1 atom stereocenters. The lowest BCUT2D eigenvalue weighted by Gasteiger charge is -2.26. The molecule has 1 unspecified atom stereocenters. The monoisotopic (exact) mass is 350 g/mol. The first-order chi connectivity index (χ1) is 8.13. The van der Waals surface area contributed by atoms with Crippen molar-refractivity contribution in [2.45, 2.75) is 16.7 Å². The molecule has 0 spiro atoms. The summed E-state index contributed by atoms with van der Waals surface area (Å²) in [6.07, 6.45) is -1.67. The van der Waals surface area contributed by atoms with Gasteiger partial charge in [-0.2, -0.15) is 0 Å². The molecule has 18 heavy (non-hydrogen) atoms. The fourth-order valence-corrected chi connectivity index (χ4v) is 3.52. The molecule has 0 amide bonds. The van der Waals surface area contributed by atoms with E-state index in [0.717, 1.165) is 0 Å². The van der Waals surface area contributed by atoms with Crippen LogP contribution in [0.15, 0.2) is 18.2 Å². The summed E-state index contributed by atoms with van der Waals surface area (Å²) in [6, 6.07) is 4.19. The van der Waals surface area contributed by atoms with Crippen LogP contribution in [-0.2, 0) is 9.84 Å². The molecule has 0 heterocycles. The van der Waals surface area contributed by atoms with Crippen molar-refractivity contribution in [3.8, 4) is 0 Å². The number of rotatable bonds is 4. The maximum Gasteiger partial charge on any atom is 0.247 e. The van der Waals surface area contributed by atoms with E-state index in [1.807, 2.05) is 0 Å². The number of alkyl halides is 2. The predicted octanol–water partition coefficient (Wildman–Crippen LogP) is 3.59. The predicted molar refractivity (Wildman–Crippen MR) is 75.3 cm³/mol. The molecule has 0 aliphatic rings. The second-order valence-electron chi connectivity index (χ2n) is 3.53.